The van der Waals surface area contributed by atoms with E-state index < -0.39 is 23.8 Å². The Labute approximate surface area is 210 Å². The minimum atomic E-state index is -1.30. The lowest BCUT2D eigenvalue weighted by molar-refractivity contribution is 0.0686. The maximum Gasteiger partial charge on any atom is 0.336 e. The molecular weight excluding hydrogens is 460 g/mol. The first kappa shape index (κ1) is 25.7. The van der Waals surface area contributed by atoms with Crippen LogP contribution in [0.5, 0.6) is 0 Å². The van der Waals surface area contributed by atoms with Crippen LogP contribution >= 0.6 is 0 Å². The van der Waals surface area contributed by atoms with Gasteiger partial charge in [0.1, 0.15) is 0 Å². The summed E-state index contributed by atoms with van der Waals surface area (Å²) in [6.07, 6.45) is 7.30. The van der Waals surface area contributed by atoms with E-state index in [9.17, 15) is 29.4 Å². The summed E-state index contributed by atoms with van der Waals surface area (Å²) >= 11 is 0. The topological polar surface area (TPSA) is 133 Å². The summed E-state index contributed by atoms with van der Waals surface area (Å²) in [5.41, 5.74) is -0.295. The second-order valence-corrected chi connectivity index (χ2v) is 10.5. The first-order chi connectivity index (χ1) is 17.2. The highest BCUT2D eigenvalue weighted by atomic mass is 16.4. The van der Waals surface area contributed by atoms with E-state index in [1.165, 1.54) is 24.3 Å². The lowest BCUT2D eigenvalue weighted by Crippen LogP contribution is -2.38. The van der Waals surface area contributed by atoms with Crippen molar-refractivity contribution in [1.29, 1.82) is 0 Å². The van der Waals surface area contributed by atoms with Crippen molar-refractivity contribution < 1.29 is 29.4 Å². The zero-order valence-corrected chi connectivity index (χ0v) is 20.8. The lowest BCUT2D eigenvalue weighted by atomic mass is 9.86. The molecule has 0 spiro atoms. The summed E-state index contributed by atoms with van der Waals surface area (Å²) in [7, 11) is 0. The average Bonchev–Trinajstić information content (AvgIpc) is 2.85. The minimum absolute atomic E-state index is 0.0195. The molecule has 0 bridgehead atoms. The van der Waals surface area contributed by atoms with Gasteiger partial charge in [-0.2, -0.15) is 0 Å². The average molecular weight is 495 g/mol. The Hall–Kier alpha value is -3.42. The Morgan fingerprint density at radius 3 is 1.19 bits per heavy atom. The molecule has 4 N–H and O–H groups in total. The van der Waals surface area contributed by atoms with Gasteiger partial charge in [0.25, 0.3) is 11.8 Å². The molecule has 8 nitrogen and oxygen atoms in total. The van der Waals surface area contributed by atoms with Crippen molar-refractivity contribution in [3.8, 4) is 0 Å². The largest absolute Gasteiger partial charge is 0.478 e. The summed E-state index contributed by atoms with van der Waals surface area (Å²) in [4.78, 5) is 51.0. The van der Waals surface area contributed by atoms with Gasteiger partial charge in [0.2, 0.25) is 0 Å². The third-order valence-electron chi connectivity index (χ3n) is 7.81. The zero-order chi connectivity index (χ0) is 26.0. The Morgan fingerprint density at radius 1 is 0.583 bits per heavy atom. The molecule has 0 unspecified atom stereocenters. The molecule has 0 aliphatic heterocycles. The van der Waals surface area contributed by atoms with E-state index in [1.807, 2.05) is 0 Å². The van der Waals surface area contributed by atoms with Crippen molar-refractivity contribution in [2.75, 3.05) is 0 Å². The Bertz CT molecular complexity index is 1100. The van der Waals surface area contributed by atoms with Gasteiger partial charge in [0, 0.05) is 34.0 Å². The molecule has 2 saturated carbocycles. The van der Waals surface area contributed by atoms with Crippen molar-refractivity contribution >= 4 is 34.5 Å². The maximum absolute atomic E-state index is 13.3. The van der Waals surface area contributed by atoms with Crippen LogP contribution in [0.2, 0.25) is 0 Å². The monoisotopic (exact) mass is 494 g/mol. The fourth-order valence-electron chi connectivity index (χ4n) is 5.57. The smallest absolute Gasteiger partial charge is 0.336 e. The van der Waals surface area contributed by atoms with Crippen molar-refractivity contribution in [2.24, 2.45) is 11.8 Å². The van der Waals surface area contributed by atoms with Gasteiger partial charge >= 0.3 is 11.9 Å². The van der Waals surface area contributed by atoms with E-state index in [2.05, 4.69) is 24.5 Å². The van der Waals surface area contributed by atoms with Gasteiger partial charge in [0.15, 0.2) is 0 Å². The molecule has 2 aliphatic rings. The highest BCUT2D eigenvalue weighted by Gasteiger charge is 2.28. The van der Waals surface area contributed by atoms with E-state index in [0.29, 0.717) is 11.8 Å². The van der Waals surface area contributed by atoms with Crippen molar-refractivity contribution in [2.45, 2.75) is 77.3 Å². The Kier molecular flexibility index (Phi) is 7.62. The van der Waals surface area contributed by atoms with E-state index in [1.54, 1.807) is 0 Å². The number of amides is 2. The first-order valence-electron chi connectivity index (χ1n) is 12.8. The third kappa shape index (κ3) is 5.37. The Morgan fingerprint density at radius 2 is 0.889 bits per heavy atom. The van der Waals surface area contributed by atoms with Gasteiger partial charge in [-0.3, -0.25) is 9.59 Å². The molecule has 2 aromatic rings. The number of nitrogens with one attached hydrogen (secondary N) is 2. The zero-order valence-electron chi connectivity index (χ0n) is 20.8. The van der Waals surface area contributed by atoms with E-state index in [-0.39, 0.29) is 45.1 Å². The molecule has 0 aromatic heterocycles. The number of benzene rings is 2. The molecule has 2 aromatic carbocycles. The van der Waals surface area contributed by atoms with E-state index >= 15 is 0 Å². The summed E-state index contributed by atoms with van der Waals surface area (Å²) in [5, 5.41) is 25.8. The molecule has 2 amide bonds. The predicted octanol–water partition coefficient (Wildman–Crippen LogP) is 4.85. The number of hydrogen-bond acceptors (Lipinski definition) is 4. The van der Waals surface area contributed by atoms with Crippen molar-refractivity contribution in [3.63, 3.8) is 0 Å². The number of fused-ring (bicyclic) bond motifs is 1. The minimum Gasteiger partial charge on any atom is -0.478 e. The molecule has 8 heteroatoms. The van der Waals surface area contributed by atoms with Gasteiger partial charge < -0.3 is 20.8 Å². The van der Waals surface area contributed by atoms with Gasteiger partial charge in [-0.05, 0) is 87.5 Å². The van der Waals surface area contributed by atoms with Gasteiger partial charge in [-0.1, -0.05) is 13.8 Å². The number of carboxylic acids is 2. The number of aromatic carboxylic acids is 2. The van der Waals surface area contributed by atoms with E-state index in [0.717, 1.165) is 51.4 Å². The summed E-state index contributed by atoms with van der Waals surface area (Å²) in [6.45, 7) is 4.35. The number of carboxylic acid groups (broad SMARTS) is 2. The van der Waals surface area contributed by atoms with Crippen LogP contribution < -0.4 is 10.6 Å². The number of hydrogen-bond donors (Lipinski definition) is 4. The van der Waals surface area contributed by atoms with Crippen molar-refractivity contribution in [1.82, 2.24) is 10.6 Å². The second kappa shape index (κ2) is 10.7. The fourth-order valence-corrected chi connectivity index (χ4v) is 5.57. The number of carbonyl (C=O) groups excluding carboxylic acids is 2. The number of carbonyl (C=O) groups is 4. The quantitative estimate of drug-likeness (QED) is 0.454. The lowest BCUT2D eigenvalue weighted by Gasteiger charge is -2.28. The third-order valence-corrected chi connectivity index (χ3v) is 7.81. The van der Waals surface area contributed by atoms with Gasteiger partial charge in [-0.15, -0.1) is 0 Å². The molecule has 0 heterocycles. The molecule has 2 fully saturated rings. The molecular formula is C28H34N2O6. The van der Waals surface area contributed by atoms with Crippen LogP contribution in [0.15, 0.2) is 24.3 Å². The van der Waals surface area contributed by atoms with Crippen LogP contribution in [-0.4, -0.2) is 46.0 Å². The van der Waals surface area contributed by atoms with Crippen LogP contribution in [0, 0.1) is 11.8 Å². The highest BCUT2D eigenvalue weighted by Crippen LogP contribution is 2.32. The molecule has 4 rings (SSSR count). The van der Waals surface area contributed by atoms with Crippen LogP contribution in [0.25, 0.3) is 10.8 Å². The molecule has 2 aliphatic carbocycles. The SMILES string of the molecule is CC1CCC(NC(=O)c2ccc(C(=O)O)c3c(C(=O)N[C@H]4CC[C@H](C)CC4)ccc(C(=O)O)c23)CC1. The number of rotatable bonds is 6. The summed E-state index contributed by atoms with van der Waals surface area (Å²) < 4.78 is 0. The van der Waals surface area contributed by atoms with Crippen LogP contribution in [0.1, 0.15) is 107 Å². The standard InChI is InChI=1S/C28H34N2O6/c1-15-3-7-17(8-4-15)29-25(31)19-11-13-22(28(35)36)24-20(12-14-21(23(19)24)27(33)34)26(32)30-18-9-5-16(2)6-10-18/h11-18H,3-10H2,1-2H3,(H,29,31)(H,30,32)(H,33,34)(H,35,36)/t15-,16?,17-,18?. The van der Waals surface area contributed by atoms with Gasteiger partial charge in [0.05, 0.1) is 11.1 Å². The molecule has 0 saturated heterocycles. The van der Waals surface area contributed by atoms with Gasteiger partial charge in [-0.25, -0.2) is 9.59 Å². The Balaban J connectivity index is 1.78. The maximum atomic E-state index is 13.3. The molecule has 192 valence electrons. The fraction of sp³-hybridized carbons (Fsp3) is 0.500. The summed E-state index contributed by atoms with van der Waals surface area (Å²) in [6, 6.07) is 5.21. The van der Waals surface area contributed by atoms with E-state index in [4.69, 9.17) is 0 Å². The molecule has 0 atom stereocenters. The van der Waals surface area contributed by atoms with Crippen LogP contribution in [0.4, 0.5) is 0 Å². The first-order valence-corrected chi connectivity index (χ1v) is 12.8. The van der Waals surface area contributed by atoms with Crippen LogP contribution in [-0.2, 0) is 0 Å². The highest BCUT2D eigenvalue weighted by molar-refractivity contribution is 6.23. The second-order valence-electron chi connectivity index (χ2n) is 10.5. The normalized spacial score (nSPS) is 24.2. The summed E-state index contributed by atoms with van der Waals surface area (Å²) in [5.74, 6) is -2.31. The predicted molar refractivity (Wildman–Crippen MR) is 136 cm³/mol. The van der Waals surface area contributed by atoms with Crippen molar-refractivity contribution in [3.05, 3.63) is 46.5 Å². The molecule has 0 radical (unpaired) electrons. The molecule has 36 heavy (non-hydrogen) atoms. The van der Waals surface area contributed by atoms with Crippen LogP contribution in [0.3, 0.4) is 0 Å².